The topological polar surface area (TPSA) is 60.6 Å². The van der Waals surface area contributed by atoms with Gasteiger partial charge in [-0.2, -0.15) is 0 Å². The Morgan fingerprint density at radius 3 is 2.30 bits per heavy atom. The van der Waals surface area contributed by atoms with Crippen molar-refractivity contribution >= 4 is 0 Å². The van der Waals surface area contributed by atoms with E-state index >= 15 is 0 Å². The Kier molecular flexibility index (Phi) is 9.15. The van der Waals surface area contributed by atoms with Gasteiger partial charge < -0.3 is 15.2 Å². The fourth-order valence-corrected chi connectivity index (χ4v) is 2.14. The van der Waals surface area contributed by atoms with E-state index in [0.717, 1.165) is 31.9 Å². The lowest BCUT2D eigenvalue weighted by Crippen LogP contribution is -2.38. The minimum Gasteiger partial charge on any atom is -0.380 e. The Labute approximate surface area is 122 Å². The maximum Gasteiger partial charge on any atom is 0.0593 e. The molecule has 0 saturated heterocycles. The lowest BCUT2D eigenvalue weighted by molar-refractivity contribution is 0.0640. The molecule has 1 rings (SSSR count). The van der Waals surface area contributed by atoms with Crippen LogP contribution < -0.4 is 5.73 Å². The summed E-state index contributed by atoms with van der Waals surface area (Å²) in [5, 5.41) is 0. The third kappa shape index (κ3) is 5.96. The van der Waals surface area contributed by atoms with Crippen molar-refractivity contribution in [2.24, 2.45) is 5.73 Å². The van der Waals surface area contributed by atoms with E-state index < -0.39 is 0 Å². The maximum atomic E-state index is 5.96. The summed E-state index contributed by atoms with van der Waals surface area (Å²) in [6.45, 7) is 9.15. The highest BCUT2D eigenvalue weighted by Crippen LogP contribution is 2.18. The van der Waals surface area contributed by atoms with Crippen molar-refractivity contribution in [1.82, 2.24) is 9.88 Å². The van der Waals surface area contributed by atoms with Crippen molar-refractivity contribution in [1.29, 1.82) is 0 Å². The van der Waals surface area contributed by atoms with E-state index in [-0.39, 0.29) is 6.04 Å². The highest BCUT2D eigenvalue weighted by atomic mass is 16.5. The largest absolute Gasteiger partial charge is 0.380 e. The molecule has 114 valence electrons. The van der Waals surface area contributed by atoms with Gasteiger partial charge in [-0.3, -0.25) is 9.88 Å². The first-order valence-electron chi connectivity index (χ1n) is 7.33. The molecule has 2 N–H and O–H groups in total. The zero-order chi connectivity index (χ0) is 14.6. The van der Waals surface area contributed by atoms with Gasteiger partial charge in [-0.05, 0) is 25.5 Å². The van der Waals surface area contributed by atoms with Crippen molar-refractivity contribution in [2.45, 2.75) is 19.9 Å². The van der Waals surface area contributed by atoms with Crippen molar-refractivity contribution in [2.75, 3.05) is 46.1 Å². The first kappa shape index (κ1) is 17.0. The van der Waals surface area contributed by atoms with Crippen LogP contribution in [0.1, 0.15) is 25.5 Å². The third-order valence-corrected chi connectivity index (χ3v) is 3.19. The number of aromatic nitrogens is 1. The number of hydrogen-bond donors (Lipinski definition) is 1. The lowest BCUT2D eigenvalue weighted by atomic mass is 10.1. The molecule has 1 heterocycles. The second-order valence-electron chi connectivity index (χ2n) is 4.47. The fraction of sp³-hybridized carbons (Fsp3) is 0.667. The quantitative estimate of drug-likeness (QED) is 0.622. The number of pyridine rings is 1. The Morgan fingerprint density at radius 1 is 1.20 bits per heavy atom. The van der Waals surface area contributed by atoms with Gasteiger partial charge in [0.15, 0.2) is 0 Å². The average Bonchev–Trinajstić information content (AvgIpc) is 2.49. The van der Waals surface area contributed by atoms with E-state index in [0.29, 0.717) is 19.8 Å². The number of rotatable bonds is 11. The molecule has 0 amide bonds. The monoisotopic (exact) mass is 281 g/mol. The van der Waals surface area contributed by atoms with Crippen LogP contribution in [-0.2, 0) is 9.47 Å². The predicted octanol–water partition coefficient (Wildman–Crippen LogP) is 1.46. The van der Waals surface area contributed by atoms with Crippen LogP contribution in [0.15, 0.2) is 24.5 Å². The second kappa shape index (κ2) is 10.7. The van der Waals surface area contributed by atoms with Crippen LogP contribution in [0.3, 0.4) is 0 Å². The highest BCUT2D eigenvalue weighted by Gasteiger charge is 2.18. The molecular weight excluding hydrogens is 254 g/mol. The number of nitrogens with zero attached hydrogens (tertiary/aromatic N) is 2. The predicted molar refractivity (Wildman–Crippen MR) is 80.6 cm³/mol. The van der Waals surface area contributed by atoms with Crippen LogP contribution in [0.25, 0.3) is 0 Å². The van der Waals surface area contributed by atoms with Gasteiger partial charge in [0.2, 0.25) is 0 Å². The van der Waals surface area contributed by atoms with E-state index in [1.807, 2.05) is 26.1 Å². The van der Waals surface area contributed by atoms with Crippen LogP contribution in [0.4, 0.5) is 0 Å². The first-order valence-corrected chi connectivity index (χ1v) is 7.33. The smallest absolute Gasteiger partial charge is 0.0593 e. The molecule has 5 nitrogen and oxygen atoms in total. The van der Waals surface area contributed by atoms with Gasteiger partial charge >= 0.3 is 0 Å². The van der Waals surface area contributed by atoms with Gasteiger partial charge in [-0.25, -0.2) is 0 Å². The van der Waals surface area contributed by atoms with Crippen LogP contribution >= 0.6 is 0 Å². The molecule has 0 aliphatic rings. The van der Waals surface area contributed by atoms with E-state index in [2.05, 4.69) is 16.0 Å². The number of hydrogen-bond acceptors (Lipinski definition) is 5. The third-order valence-electron chi connectivity index (χ3n) is 3.19. The van der Waals surface area contributed by atoms with Crippen molar-refractivity contribution in [3.63, 3.8) is 0 Å². The molecule has 0 spiro atoms. The second-order valence-corrected chi connectivity index (χ2v) is 4.47. The van der Waals surface area contributed by atoms with Gasteiger partial charge in [0, 0.05) is 51.3 Å². The van der Waals surface area contributed by atoms with Crippen LogP contribution in [0.5, 0.6) is 0 Å². The standard InChI is InChI=1S/C15H27N3O2/c1-3-19-10-8-18(9-11-20-4-2)15(12-16)14-6-5-7-17-13-14/h5-7,13,15H,3-4,8-12,16H2,1-2H3. The Morgan fingerprint density at radius 2 is 1.85 bits per heavy atom. The summed E-state index contributed by atoms with van der Waals surface area (Å²) in [6.07, 6.45) is 3.66. The molecule has 0 bridgehead atoms. The molecule has 0 aliphatic heterocycles. The fourth-order valence-electron chi connectivity index (χ4n) is 2.14. The number of nitrogens with two attached hydrogens (primary N) is 1. The molecule has 0 aromatic carbocycles. The summed E-state index contributed by atoms with van der Waals surface area (Å²) < 4.78 is 10.9. The number of ether oxygens (including phenoxy) is 2. The van der Waals surface area contributed by atoms with Gasteiger partial charge in [-0.15, -0.1) is 0 Å². The zero-order valence-electron chi connectivity index (χ0n) is 12.6. The van der Waals surface area contributed by atoms with Crippen LogP contribution in [0, 0.1) is 0 Å². The van der Waals surface area contributed by atoms with Gasteiger partial charge in [0.25, 0.3) is 0 Å². The maximum absolute atomic E-state index is 5.96. The van der Waals surface area contributed by atoms with E-state index in [1.54, 1.807) is 6.20 Å². The molecule has 0 radical (unpaired) electrons. The summed E-state index contributed by atoms with van der Waals surface area (Å²) in [6, 6.07) is 4.17. The molecular formula is C15H27N3O2. The summed E-state index contributed by atoms with van der Waals surface area (Å²) in [5.41, 5.74) is 7.10. The highest BCUT2D eigenvalue weighted by molar-refractivity contribution is 5.14. The molecule has 0 saturated carbocycles. The van der Waals surface area contributed by atoms with Gasteiger partial charge in [-0.1, -0.05) is 6.07 Å². The average molecular weight is 281 g/mol. The molecule has 0 fully saturated rings. The summed E-state index contributed by atoms with van der Waals surface area (Å²) >= 11 is 0. The summed E-state index contributed by atoms with van der Waals surface area (Å²) in [7, 11) is 0. The van der Waals surface area contributed by atoms with Crippen molar-refractivity contribution < 1.29 is 9.47 Å². The molecule has 0 aliphatic carbocycles. The summed E-state index contributed by atoms with van der Waals surface area (Å²) in [4.78, 5) is 6.49. The van der Waals surface area contributed by atoms with E-state index in [9.17, 15) is 0 Å². The van der Waals surface area contributed by atoms with E-state index in [1.165, 1.54) is 0 Å². The lowest BCUT2D eigenvalue weighted by Gasteiger charge is -2.30. The van der Waals surface area contributed by atoms with Crippen molar-refractivity contribution in [3.8, 4) is 0 Å². The Balaban J connectivity index is 2.66. The Bertz CT molecular complexity index is 325. The molecule has 20 heavy (non-hydrogen) atoms. The minimum atomic E-state index is 0.157. The summed E-state index contributed by atoms with van der Waals surface area (Å²) in [5.74, 6) is 0. The van der Waals surface area contributed by atoms with Gasteiger partial charge in [0.05, 0.1) is 13.2 Å². The molecule has 1 aromatic heterocycles. The normalized spacial score (nSPS) is 12.8. The SMILES string of the molecule is CCOCCN(CCOCC)C(CN)c1cccnc1. The minimum absolute atomic E-state index is 0.157. The van der Waals surface area contributed by atoms with Gasteiger partial charge in [0.1, 0.15) is 0 Å². The van der Waals surface area contributed by atoms with Crippen molar-refractivity contribution in [3.05, 3.63) is 30.1 Å². The molecule has 1 aromatic rings. The van der Waals surface area contributed by atoms with E-state index in [4.69, 9.17) is 15.2 Å². The Hall–Kier alpha value is -1.01. The van der Waals surface area contributed by atoms with Crippen LogP contribution in [-0.4, -0.2) is 55.9 Å². The zero-order valence-corrected chi connectivity index (χ0v) is 12.6. The molecule has 1 atom stereocenters. The first-order chi connectivity index (χ1) is 9.83. The van der Waals surface area contributed by atoms with Crippen LogP contribution in [0.2, 0.25) is 0 Å². The molecule has 5 heteroatoms. The molecule has 1 unspecified atom stereocenters.